The molecule has 0 saturated carbocycles. The van der Waals surface area contributed by atoms with E-state index >= 15 is 0 Å². The number of hydrogen-bond acceptors (Lipinski definition) is 6. The normalized spacial score (nSPS) is 10.7. The highest BCUT2D eigenvalue weighted by atomic mass is 16.5. The van der Waals surface area contributed by atoms with Crippen LogP contribution in [0.3, 0.4) is 0 Å². The van der Waals surface area contributed by atoms with Gasteiger partial charge in [0.1, 0.15) is 0 Å². The van der Waals surface area contributed by atoms with Crippen molar-refractivity contribution in [3.05, 3.63) is 0 Å². The van der Waals surface area contributed by atoms with Crippen LogP contribution in [0, 0.1) is 0 Å². The lowest BCUT2D eigenvalue weighted by molar-refractivity contribution is 0.311. The molecular formula is C14H27N5O. The smallest absolute Gasteiger partial charge is 0.323 e. The highest BCUT2D eigenvalue weighted by Crippen LogP contribution is 2.17. The SMILES string of the molecule is CCCNc1nc(OCC)nc(N(CCC)C(C)C)n1. The molecule has 0 unspecified atom stereocenters. The summed E-state index contributed by atoms with van der Waals surface area (Å²) in [6, 6.07) is 0.726. The van der Waals surface area contributed by atoms with Gasteiger partial charge in [0.25, 0.3) is 0 Å². The summed E-state index contributed by atoms with van der Waals surface area (Å²) < 4.78 is 5.45. The van der Waals surface area contributed by atoms with E-state index < -0.39 is 0 Å². The third-order valence-electron chi connectivity index (χ3n) is 2.75. The third-order valence-corrected chi connectivity index (χ3v) is 2.75. The summed E-state index contributed by atoms with van der Waals surface area (Å²) in [4.78, 5) is 15.4. The van der Waals surface area contributed by atoms with Gasteiger partial charge in [-0.1, -0.05) is 13.8 Å². The predicted octanol–water partition coefficient (Wildman–Crippen LogP) is 2.72. The Bertz CT molecular complexity index is 397. The van der Waals surface area contributed by atoms with Crippen LogP contribution in [0.2, 0.25) is 0 Å². The number of anilines is 2. The van der Waals surface area contributed by atoms with Crippen molar-refractivity contribution in [3.63, 3.8) is 0 Å². The van der Waals surface area contributed by atoms with Gasteiger partial charge in [0.05, 0.1) is 6.61 Å². The summed E-state index contributed by atoms with van der Waals surface area (Å²) in [6.45, 7) is 12.8. The second-order valence-corrected chi connectivity index (χ2v) is 4.89. The zero-order valence-corrected chi connectivity index (χ0v) is 13.3. The summed E-state index contributed by atoms with van der Waals surface area (Å²) in [5.41, 5.74) is 0. The molecule has 20 heavy (non-hydrogen) atoms. The maximum absolute atomic E-state index is 5.45. The van der Waals surface area contributed by atoms with Crippen LogP contribution in [0.25, 0.3) is 0 Å². The van der Waals surface area contributed by atoms with Crippen LogP contribution in [0.4, 0.5) is 11.9 Å². The summed E-state index contributed by atoms with van der Waals surface area (Å²) in [7, 11) is 0. The van der Waals surface area contributed by atoms with Crippen LogP contribution >= 0.6 is 0 Å². The van der Waals surface area contributed by atoms with Crippen LogP contribution < -0.4 is 15.0 Å². The van der Waals surface area contributed by atoms with Crippen LogP contribution in [0.5, 0.6) is 6.01 Å². The van der Waals surface area contributed by atoms with E-state index in [1.165, 1.54) is 0 Å². The van der Waals surface area contributed by atoms with E-state index in [0.29, 0.717) is 30.6 Å². The molecule has 1 aromatic heterocycles. The lowest BCUT2D eigenvalue weighted by Gasteiger charge is -2.26. The maximum atomic E-state index is 5.45. The topological polar surface area (TPSA) is 63.2 Å². The number of rotatable bonds is 9. The highest BCUT2D eigenvalue weighted by molar-refractivity contribution is 5.39. The van der Waals surface area contributed by atoms with Crippen molar-refractivity contribution in [2.75, 3.05) is 29.9 Å². The molecule has 6 heteroatoms. The van der Waals surface area contributed by atoms with Crippen molar-refractivity contribution in [2.45, 2.75) is 53.5 Å². The fraction of sp³-hybridized carbons (Fsp3) is 0.786. The summed E-state index contributed by atoms with van der Waals surface area (Å²) in [5.74, 6) is 1.26. The minimum atomic E-state index is 0.339. The second kappa shape index (κ2) is 8.55. The lowest BCUT2D eigenvalue weighted by Crippen LogP contribution is -2.33. The van der Waals surface area contributed by atoms with Gasteiger partial charge in [-0.3, -0.25) is 0 Å². The second-order valence-electron chi connectivity index (χ2n) is 4.89. The average Bonchev–Trinajstić information content (AvgIpc) is 2.42. The van der Waals surface area contributed by atoms with E-state index in [-0.39, 0.29) is 0 Å². The first-order chi connectivity index (χ1) is 9.62. The van der Waals surface area contributed by atoms with Crippen molar-refractivity contribution in [1.82, 2.24) is 15.0 Å². The fourth-order valence-electron chi connectivity index (χ4n) is 1.81. The van der Waals surface area contributed by atoms with Crippen LogP contribution in [0.1, 0.15) is 47.5 Å². The monoisotopic (exact) mass is 281 g/mol. The molecule has 0 atom stereocenters. The predicted molar refractivity (Wildman–Crippen MR) is 82.5 cm³/mol. The molecule has 0 aliphatic rings. The zero-order chi connectivity index (χ0) is 15.0. The molecule has 114 valence electrons. The first-order valence-electron chi connectivity index (χ1n) is 7.51. The Morgan fingerprint density at radius 1 is 1.10 bits per heavy atom. The molecule has 0 aromatic carbocycles. The van der Waals surface area contributed by atoms with Crippen LogP contribution in [-0.4, -0.2) is 40.7 Å². The molecule has 0 aliphatic carbocycles. The van der Waals surface area contributed by atoms with E-state index in [1.807, 2.05) is 6.92 Å². The van der Waals surface area contributed by atoms with Crippen molar-refractivity contribution in [2.24, 2.45) is 0 Å². The van der Waals surface area contributed by atoms with Gasteiger partial charge in [-0.25, -0.2) is 0 Å². The number of nitrogens with one attached hydrogen (secondary N) is 1. The van der Waals surface area contributed by atoms with Crippen molar-refractivity contribution in [3.8, 4) is 6.01 Å². The van der Waals surface area contributed by atoms with E-state index in [2.05, 4.69) is 52.9 Å². The third kappa shape index (κ3) is 4.83. The van der Waals surface area contributed by atoms with Gasteiger partial charge < -0.3 is 15.0 Å². The maximum Gasteiger partial charge on any atom is 0.323 e. The summed E-state index contributed by atoms with van der Waals surface area (Å²) in [6.07, 6.45) is 2.07. The fourth-order valence-corrected chi connectivity index (χ4v) is 1.81. The Morgan fingerprint density at radius 3 is 2.40 bits per heavy atom. The molecule has 1 rings (SSSR count). The molecule has 0 radical (unpaired) electrons. The molecule has 1 heterocycles. The summed E-state index contributed by atoms with van der Waals surface area (Å²) >= 11 is 0. The van der Waals surface area contributed by atoms with Gasteiger partial charge in [0.15, 0.2) is 0 Å². The molecule has 0 aliphatic heterocycles. The number of aromatic nitrogens is 3. The van der Waals surface area contributed by atoms with E-state index in [1.54, 1.807) is 0 Å². The molecule has 0 amide bonds. The van der Waals surface area contributed by atoms with E-state index in [0.717, 1.165) is 25.9 Å². The van der Waals surface area contributed by atoms with Gasteiger partial charge in [-0.2, -0.15) is 15.0 Å². The van der Waals surface area contributed by atoms with Gasteiger partial charge in [-0.15, -0.1) is 0 Å². The Labute approximate surface area is 122 Å². The average molecular weight is 281 g/mol. The van der Waals surface area contributed by atoms with Gasteiger partial charge in [-0.05, 0) is 33.6 Å². The number of ether oxygens (including phenoxy) is 1. The Hall–Kier alpha value is -1.59. The van der Waals surface area contributed by atoms with Gasteiger partial charge in [0, 0.05) is 19.1 Å². The van der Waals surface area contributed by atoms with E-state index in [9.17, 15) is 0 Å². The van der Waals surface area contributed by atoms with Crippen LogP contribution in [0.15, 0.2) is 0 Å². The minimum Gasteiger partial charge on any atom is -0.464 e. The zero-order valence-electron chi connectivity index (χ0n) is 13.3. The summed E-state index contributed by atoms with van der Waals surface area (Å²) in [5, 5.41) is 3.20. The Balaban J connectivity index is 3.04. The van der Waals surface area contributed by atoms with Gasteiger partial charge >= 0.3 is 6.01 Å². The lowest BCUT2D eigenvalue weighted by atomic mass is 10.3. The molecule has 0 fully saturated rings. The Kier molecular flexibility index (Phi) is 7.04. The van der Waals surface area contributed by atoms with Crippen LogP contribution in [-0.2, 0) is 0 Å². The number of nitrogens with zero attached hydrogens (tertiary/aromatic N) is 4. The molecule has 6 nitrogen and oxygen atoms in total. The molecule has 1 aromatic rings. The standard InChI is InChI=1S/C14H27N5O/c1-6-9-15-12-16-13(18-14(17-12)20-8-3)19(10-7-2)11(4)5/h11H,6-10H2,1-5H3,(H,15,16,17,18). The molecular weight excluding hydrogens is 254 g/mol. The first kappa shape index (κ1) is 16.5. The quantitative estimate of drug-likeness (QED) is 0.751. The minimum absolute atomic E-state index is 0.339. The first-order valence-corrected chi connectivity index (χ1v) is 7.51. The molecule has 0 bridgehead atoms. The number of hydrogen-bond donors (Lipinski definition) is 1. The molecule has 0 saturated heterocycles. The highest BCUT2D eigenvalue weighted by Gasteiger charge is 2.16. The molecule has 1 N–H and O–H groups in total. The van der Waals surface area contributed by atoms with Gasteiger partial charge in [0.2, 0.25) is 11.9 Å². The van der Waals surface area contributed by atoms with Crippen molar-refractivity contribution >= 4 is 11.9 Å². The van der Waals surface area contributed by atoms with E-state index in [4.69, 9.17) is 4.74 Å². The largest absolute Gasteiger partial charge is 0.464 e. The Morgan fingerprint density at radius 2 is 1.85 bits per heavy atom. The molecule has 0 spiro atoms. The van der Waals surface area contributed by atoms with Crippen molar-refractivity contribution < 1.29 is 4.74 Å². The van der Waals surface area contributed by atoms with Crippen molar-refractivity contribution in [1.29, 1.82) is 0 Å².